The molecule has 0 aliphatic heterocycles. The summed E-state index contributed by atoms with van der Waals surface area (Å²) >= 11 is 6.59. The Bertz CT molecular complexity index is 911. The van der Waals surface area contributed by atoms with Crippen LogP contribution in [0.4, 0.5) is 0 Å². The Morgan fingerprint density at radius 3 is 1.79 bits per heavy atom. The van der Waals surface area contributed by atoms with Gasteiger partial charge >= 0.3 is 0 Å². The van der Waals surface area contributed by atoms with Gasteiger partial charge in [-0.15, -0.1) is 11.3 Å². The van der Waals surface area contributed by atoms with Gasteiger partial charge in [-0.1, -0.05) is 72.8 Å². The fraction of sp³-hybridized carbons (Fsp3) is 0. The average molecular weight is 349 g/mol. The first-order valence-corrected chi connectivity index (χ1v) is 8.69. The number of benzene rings is 3. The third-order valence-electron chi connectivity index (χ3n) is 3.40. The van der Waals surface area contributed by atoms with E-state index in [-0.39, 0.29) is 5.78 Å². The van der Waals surface area contributed by atoms with Crippen LogP contribution in [0, 0.1) is 3.95 Å². The number of hydrogen-bond donors (Lipinski definition) is 1. The van der Waals surface area contributed by atoms with Gasteiger partial charge in [-0.2, -0.15) is 0 Å². The Kier molecular flexibility index (Phi) is 5.31. The first-order valence-electron chi connectivity index (χ1n) is 7.47. The molecule has 4 rings (SSSR count). The Balaban J connectivity index is 0.000000149. The van der Waals surface area contributed by atoms with Crippen molar-refractivity contribution in [1.82, 2.24) is 4.98 Å². The zero-order valence-corrected chi connectivity index (χ0v) is 14.4. The highest BCUT2D eigenvalue weighted by Crippen LogP contribution is 2.17. The Morgan fingerprint density at radius 2 is 1.25 bits per heavy atom. The van der Waals surface area contributed by atoms with Crippen LogP contribution >= 0.6 is 23.6 Å². The predicted molar refractivity (Wildman–Crippen MR) is 103 cm³/mol. The van der Waals surface area contributed by atoms with Gasteiger partial charge in [-0.25, -0.2) is 0 Å². The standard InChI is InChI=1S/C13H10O.C7H5NS2/c14-13(11-7-3-1-4-8-11)12-9-5-2-6-10-12;9-7-8-5-3-1-2-4-6(5)10-7/h1-10H;1-4H,(H,8,9). The van der Waals surface area contributed by atoms with E-state index in [9.17, 15) is 4.79 Å². The number of nitrogens with one attached hydrogen (secondary N) is 1. The second-order valence-corrected chi connectivity index (χ2v) is 6.79. The van der Waals surface area contributed by atoms with E-state index in [2.05, 4.69) is 11.1 Å². The molecule has 1 N–H and O–H groups in total. The number of carbonyl (C=O) groups excluding carboxylic acids is 1. The summed E-state index contributed by atoms with van der Waals surface area (Å²) < 4.78 is 2.08. The summed E-state index contributed by atoms with van der Waals surface area (Å²) in [5, 5.41) is 0. The smallest absolute Gasteiger partial charge is 0.193 e. The number of para-hydroxylation sites is 1. The SMILES string of the molecule is O=C(c1ccccc1)c1ccccc1.S=c1[nH]c2ccccc2s1. The molecule has 0 unspecified atom stereocenters. The molecule has 0 aliphatic rings. The number of hydrogen-bond acceptors (Lipinski definition) is 3. The van der Waals surface area contributed by atoms with E-state index in [0.29, 0.717) is 0 Å². The summed E-state index contributed by atoms with van der Waals surface area (Å²) in [5.74, 6) is 0.0752. The highest BCUT2D eigenvalue weighted by Gasteiger charge is 2.06. The molecule has 0 saturated carbocycles. The van der Waals surface area contributed by atoms with Gasteiger partial charge in [0.15, 0.2) is 9.74 Å². The van der Waals surface area contributed by atoms with E-state index in [0.717, 1.165) is 20.6 Å². The van der Waals surface area contributed by atoms with Crippen molar-refractivity contribution >= 4 is 39.6 Å². The van der Waals surface area contributed by atoms with Crippen molar-refractivity contribution in [3.8, 4) is 0 Å². The predicted octanol–water partition coefficient (Wildman–Crippen LogP) is 5.88. The number of H-pyrrole nitrogens is 1. The molecule has 0 radical (unpaired) electrons. The van der Waals surface area contributed by atoms with Crippen LogP contribution < -0.4 is 0 Å². The van der Waals surface area contributed by atoms with Crippen LogP contribution in [0.1, 0.15) is 15.9 Å². The lowest BCUT2D eigenvalue weighted by Crippen LogP contribution is -1.99. The monoisotopic (exact) mass is 349 g/mol. The third-order valence-corrected chi connectivity index (χ3v) is 4.61. The van der Waals surface area contributed by atoms with E-state index >= 15 is 0 Å². The molecule has 0 saturated heterocycles. The molecule has 2 nitrogen and oxygen atoms in total. The lowest BCUT2D eigenvalue weighted by atomic mass is 10.0. The summed E-state index contributed by atoms with van der Waals surface area (Å²) in [6, 6.07) is 26.7. The van der Waals surface area contributed by atoms with Gasteiger partial charge in [0.05, 0.1) is 10.2 Å². The first kappa shape index (κ1) is 16.3. The summed E-state index contributed by atoms with van der Waals surface area (Å²) in [6.45, 7) is 0. The van der Waals surface area contributed by atoms with E-state index in [1.165, 1.54) is 4.70 Å². The maximum Gasteiger partial charge on any atom is 0.193 e. The minimum atomic E-state index is 0.0752. The normalized spacial score (nSPS) is 10.0. The van der Waals surface area contributed by atoms with E-state index in [4.69, 9.17) is 12.2 Å². The molecule has 0 fully saturated rings. The number of fused-ring (bicyclic) bond motifs is 1. The maximum atomic E-state index is 11.8. The zero-order chi connectivity index (χ0) is 16.8. The molecule has 0 bridgehead atoms. The van der Waals surface area contributed by atoms with Crippen molar-refractivity contribution in [1.29, 1.82) is 0 Å². The second kappa shape index (κ2) is 7.81. The largest absolute Gasteiger partial charge is 0.337 e. The molecule has 118 valence electrons. The number of rotatable bonds is 2. The summed E-state index contributed by atoms with van der Waals surface area (Å²) in [4.78, 5) is 14.9. The van der Waals surface area contributed by atoms with E-state index < -0.39 is 0 Å². The Morgan fingerprint density at radius 1 is 0.750 bits per heavy atom. The van der Waals surface area contributed by atoms with Crippen molar-refractivity contribution in [2.45, 2.75) is 0 Å². The number of thiazole rings is 1. The first-order chi connectivity index (χ1) is 11.7. The molecule has 3 aromatic carbocycles. The molecule has 0 amide bonds. The van der Waals surface area contributed by atoms with Crippen molar-refractivity contribution in [2.75, 3.05) is 0 Å². The van der Waals surface area contributed by atoms with Crippen LogP contribution in [0.3, 0.4) is 0 Å². The van der Waals surface area contributed by atoms with Crippen molar-refractivity contribution < 1.29 is 4.79 Å². The van der Waals surface area contributed by atoms with Gasteiger partial charge in [0.2, 0.25) is 0 Å². The van der Waals surface area contributed by atoms with Crippen LogP contribution in [0.5, 0.6) is 0 Å². The highest BCUT2D eigenvalue weighted by atomic mass is 32.1. The average Bonchev–Trinajstić information content (AvgIpc) is 3.03. The molecule has 1 heterocycles. The number of aromatic amines is 1. The Hall–Kier alpha value is -2.56. The molecule has 24 heavy (non-hydrogen) atoms. The van der Waals surface area contributed by atoms with E-state index in [1.54, 1.807) is 11.3 Å². The molecular weight excluding hydrogens is 334 g/mol. The highest BCUT2D eigenvalue weighted by molar-refractivity contribution is 7.73. The van der Waals surface area contributed by atoms with Crippen LogP contribution in [0.15, 0.2) is 84.9 Å². The fourth-order valence-corrected chi connectivity index (χ4v) is 3.36. The summed E-state index contributed by atoms with van der Waals surface area (Å²) in [6.07, 6.45) is 0. The maximum absolute atomic E-state index is 11.8. The topological polar surface area (TPSA) is 32.9 Å². The van der Waals surface area contributed by atoms with Crippen LogP contribution in [-0.4, -0.2) is 10.8 Å². The minimum Gasteiger partial charge on any atom is -0.337 e. The van der Waals surface area contributed by atoms with Gasteiger partial charge in [0.1, 0.15) is 0 Å². The van der Waals surface area contributed by atoms with Gasteiger partial charge < -0.3 is 4.98 Å². The van der Waals surface area contributed by atoms with Gasteiger partial charge in [-0.05, 0) is 24.4 Å². The van der Waals surface area contributed by atoms with Crippen LogP contribution in [-0.2, 0) is 0 Å². The molecule has 0 spiro atoms. The van der Waals surface area contributed by atoms with Crippen molar-refractivity contribution in [3.63, 3.8) is 0 Å². The van der Waals surface area contributed by atoms with E-state index in [1.807, 2.05) is 78.9 Å². The quantitative estimate of drug-likeness (QED) is 0.362. The van der Waals surface area contributed by atoms with Crippen molar-refractivity contribution in [3.05, 3.63) is 100 Å². The number of carbonyl (C=O) groups is 1. The second-order valence-electron chi connectivity index (χ2n) is 5.07. The molecule has 4 aromatic rings. The third kappa shape index (κ3) is 4.04. The Labute approximate surface area is 149 Å². The molecule has 0 aliphatic carbocycles. The fourth-order valence-electron chi connectivity index (χ4n) is 2.24. The molecule has 1 aromatic heterocycles. The van der Waals surface area contributed by atoms with Gasteiger partial charge in [0.25, 0.3) is 0 Å². The summed E-state index contributed by atoms with van der Waals surface area (Å²) in [5.41, 5.74) is 2.61. The minimum absolute atomic E-state index is 0.0752. The molecule has 4 heteroatoms. The number of ketones is 1. The molecule has 0 atom stereocenters. The lowest BCUT2D eigenvalue weighted by molar-refractivity contribution is 0.103. The summed E-state index contributed by atoms with van der Waals surface area (Å²) in [7, 11) is 0. The van der Waals surface area contributed by atoms with Gasteiger partial charge in [0, 0.05) is 11.1 Å². The molecular formula is C20H15NOS2. The van der Waals surface area contributed by atoms with Gasteiger partial charge in [-0.3, -0.25) is 4.79 Å². The number of aromatic nitrogens is 1. The lowest BCUT2D eigenvalue weighted by Gasteiger charge is -1.99. The van der Waals surface area contributed by atoms with Crippen LogP contribution in [0.25, 0.3) is 10.2 Å². The zero-order valence-electron chi connectivity index (χ0n) is 12.8. The van der Waals surface area contributed by atoms with Crippen LogP contribution in [0.2, 0.25) is 0 Å². The van der Waals surface area contributed by atoms with Crippen molar-refractivity contribution in [2.24, 2.45) is 0 Å².